The first-order chi connectivity index (χ1) is 5.74. The van der Waals surface area contributed by atoms with E-state index in [1.165, 1.54) is 18.3 Å². The van der Waals surface area contributed by atoms with Crippen molar-refractivity contribution in [3.63, 3.8) is 0 Å². The highest BCUT2D eigenvalue weighted by Gasteiger charge is 2.04. The van der Waals surface area contributed by atoms with Gasteiger partial charge in [0.05, 0.1) is 0 Å². The van der Waals surface area contributed by atoms with Crippen LogP contribution in [0.5, 0.6) is 0 Å². The van der Waals surface area contributed by atoms with Crippen molar-refractivity contribution in [1.82, 2.24) is 4.98 Å². The second-order valence-electron chi connectivity index (χ2n) is 2.52. The van der Waals surface area contributed by atoms with Gasteiger partial charge in [0.25, 0.3) is 0 Å². The fourth-order valence-corrected chi connectivity index (χ4v) is 1.53. The minimum atomic E-state index is 0.0239. The van der Waals surface area contributed by atoms with Gasteiger partial charge in [-0.15, -0.1) is 11.3 Å². The summed E-state index contributed by atoms with van der Waals surface area (Å²) in [6, 6.07) is 0. The predicted octanol–water partition coefficient (Wildman–Crippen LogP) is 2.17. The lowest BCUT2D eigenvalue weighted by atomic mass is 10.4. The van der Waals surface area contributed by atoms with Gasteiger partial charge in [0.15, 0.2) is 10.9 Å². The Hall–Kier alpha value is -0.900. The number of carbonyl (C=O) groups excluding carboxylic acids is 1. The zero-order valence-electron chi connectivity index (χ0n) is 7.26. The number of anilines is 1. The van der Waals surface area contributed by atoms with Gasteiger partial charge >= 0.3 is 0 Å². The van der Waals surface area contributed by atoms with Gasteiger partial charge in [-0.05, 0) is 6.42 Å². The van der Waals surface area contributed by atoms with E-state index in [1.54, 1.807) is 5.38 Å². The third-order valence-corrected chi connectivity index (χ3v) is 2.19. The highest BCUT2D eigenvalue weighted by atomic mass is 32.1. The molecule has 0 atom stereocenters. The van der Waals surface area contributed by atoms with Gasteiger partial charge in [0.2, 0.25) is 0 Å². The van der Waals surface area contributed by atoms with Crippen LogP contribution in [0.4, 0.5) is 5.13 Å². The molecule has 0 amide bonds. The molecule has 1 rings (SSSR count). The first-order valence-electron chi connectivity index (χ1n) is 3.94. The van der Waals surface area contributed by atoms with E-state index < -0.39 is 0 Å². The van der Waals surface area contributed by atoms with Gasteiger partial charge in [0, 0.05) is 18.8 Å². The first-order valence-corrected chi connectivity index (χ1v) is 4.82. The minimum Gasteiger partial charge on any atom is -0.362 e. The number of hydrogen-bond donors (Lipinski definition) is 1. The van der Waals surface area contributed by atoms with Crippen LogP contribution in [0.1, 0.15) is 30.8 Å². The Morgan fingerprint density at radius 3 is 3.00 bits per heavy atom. The van der Waals surface area contributed by atoms with Crippen LogP contribution in [0.2, 0.25) is 0 Å². The molecule has 1 aromatic heterocycles. The second-order valence-corrected chi connectivity index (χ2v) is 3.38. The van der Waals surface area contributed by atoms with Crippen LogP contribution in [0.25, 0.3) is 0 Å². The summed E-state index contributed by atoms with van der Waals surface area (Å²) < 4.78 is 0. The average Bonchev–Trinajstić information content (AvgIpc) is 2.48. The topological polar surface area (TPSA) is 42.0 Å². The minimum absolute atomic E-state index is 0.0239. The molecule has 1 heterocycles. The third kappa shape index (κ3) is 2.30. The maximum atomic E-state index is 10.8. The van der Waals surface area contributed by atoms with Gasteiger partial charge < -0.3 is 5.32 Å². The van der Waals surface area contributed by atoms with Gasteiger partial charge in [-0.25, -0.2) is 4.98 Å². The third-order valence-electron chi connectivity index (χ3n) is 1.39. The van der Waals surface area contributed by atoms with Crippen molar-refractivity contribution >= 4 is 22.3 Å². The molecule has 0 unspecified atom stereocenters. The number of Topliss-reactive ketones (excluding diaryl/α,β-unsaturated/α-hetero) is 1. The molecule has 0 saturated heterocycles. The van der Waals surface area contributed by atoms with E-state index in [0.717, 1.165) is 18.1 Å². The average molecular weight is 184 g/mol. The number of hydrogen-bond acceptors (Lipinski definition) is 4. The molecule has 0 radical (unpaired) electrons. The molecule has 0 aliphatic carbocycles. The predicted molar refractivity (Wildman–Crippen MR) is 50.9 cm³/mol. The molecule has 4 heteroatoms. The molecule has 66 valence electrons. The zero-order valence-corrected chi connectivity index (χ0v) is 8.07. The molecule has 0 bridgehead atoms. The summed E-state index contributed by atoms with van der Waals surface area (Å²) in [5.41, 5.74) is 0.554. The molecule has 0 spiro atoms. The fraction of sp³-hybridized carbons (Fsp3) is 0.500. The summed E-state index contributed by atoms with van der Waals surface area (Å²) in [6.07, 6.45) is 1.06. The standard InChI is InChI=1S/C8H12N2OS/c1-3-4-9-8-10-7(5-12-8)6(2)11/h5H,3-4H2,1-2H3,(H,9,10). The van der Waals surface area contributed by atoms with Crippen LogP contribution < -0.4 is 5.32 Å². The number of nitrogens with zero attached hydrogens (tertiary/aromatic N) is 1. The van der Waals surface area contributed by atoms with E-state index in [2.05, 4.69) is 17.2 Å². The molecule has 3 nitrogen and oxygen atoms in total. The Morgan fingerprint density at radius 2 is 2.50 bits per heavy atom. The molecule has 12 heavy (non-hydrogen) atoms. The summed E-state index contributed by atoms with van der Waals surface area (Å²) in [7, 11) is 0. The van der Waals surface area contributed by atoms with Gasteiger partial charge in [-0.1, -0.05) is 6.92 Å². The van der Waals surface area contributed by atoms with Crippen molar-refractivity contribution < 1.29 is 4.79 Å². The highest BCUT2D eigenvalue weighted by molar-refractivity contribution is 7.13. The number of rotatable bonds is 4. The van der Waals surface area contributed by atoms with Crippen molar-refractivity contribution in [3.8, 4) is 0 Å². The maximum Gasteiger partial charge on any atom is 0.183 e. The van der Waals surface area contributed by atoms with E-state index in [-0.39, 0.29) is 5.78 Å². The lowest BCUT2D eigenvalue weighted by Gasteiger charge is -1.96. The van der Waals surface area contributed by atoms with Gasteiger partial charge in [0.1, 0.15) is 5.69 Å². The Balaban J connectivity index is 2.58. The number of thiazole rings is 1. The van der Waals surface area contributed by atoms with Crippen LogP contribution in [-0.2, 0) is 0 Å². The van der Waals surface area contributed by atoms with E-state index >= 15 is 0 Å². The SMILES string of the molecule is CCCNc1nc(C(C)=O)cs1. The number of ketones is 1. The fourth-order valence-electron chi connectivity index (χ4n) is 0.749. The summed E-state index contributed by atoms with van der Waals surface area (Å²) >= 11 is 1.47. The molecular formula is C8H12N2OS. The van der Waals surface area contributed by atoms with Crippen molar-refractivity contribution in [3.05, 3.63) is 11.1 Å². The van der Waals surface area contributed by atoms with Crippen LogP contribution in [0, 0.1) is 0 Å². The maximum absolute atomic E-state index is 10.8. The Labute approximate surface area is 75.8 Å². The molecule has 0 aromatic carbocycles. The Morgan fingerprint density at radius 1 is 1.75 bits per heavy atom. The van der Waals surface area contributed by atoms with E-state index in [1.807, 2.05) is 0 Å². The first kappa shape index (κ1) is 9.19. The normalized spacial score (nSPS) is 9.83. The molecule has 0 fully saturated rings. The van der Waals surface area contributed by atoms with E-state index in [4.69, 9.17) is 0 Å². The molecule has 1 aromatic rings. The molecule has 0 saturated carbocycles. The summed E-state index contributed by atoms with van der Waals surface area (Å²) in [6.45, 7) is 4.52. The van der Waals surface area contributed by atoms with E-state index in [0.29, 0.717) is 5.69 Å². The number of aromatic nitrogens is 1. The number of carbonyl (C=O) groups is 1. The van der Waals surface area contributed by atoms with Crippen LogP contribution in [0.3, 0.4) is 0 Å². The second kappa shape index (κ2) is 4.21. The van der Waals surface area contributed by atoms with Gasteiger partial charge in [-0.3, -0.25) is 4.79 Å². The summed E-state index contributed by atoms with van der Waals surface area (Å²) in [5.74, 6) is 0.0239. The largest absolute Gasteiger partial charge is 0.362 e. The molecule has 1 N–H and O–H groups in total. The smallest absolute Gasteiger partial charge is 0.183 e. The van der Waals surface area contributed by atoms with Crippen LogP contribution >= 0.6 is 11.3 Å². The van der Waals surface area contributed by atoms with Crippen LogP contribution in [0.15, 0.2) is 5.38 Å². The molecule has 0 aliphatic heterocycles. The van der Waals surface area contributed by atoms with Crippen molar-refractivity contribution in [2.75, 3.05) is 11.9 Å². The van der Waals surface area contributed by atoms with Crippen molar-refractivity contribution in [2.45, 2.75) is 20.3 Å². The quantitative estimate of drug-likeness (QED) is 0.729. The van der Waals surface area contributed by atoms with E-state index in [9.17, 15) is 4.79 Å². The summed E-state index contributed by atoms with van der Waals surface area (Å²) in [5, 5.41) is 5.74. The molecular weight excluding hydrogens is 172 g/mol. The molecule has 0 aliphatic rings. The van der Waals surface area contributed by atoms with Gasteiger partial charge in [-0.2, -0.15) is 0 Å². The Bertz CT molecular complexity index is 270. The highest BCUT2D eigenvalue weighted by Crippen LogP contribution is 2.15. The monoisotopic (exact) mass is 184 g/mol. The van der Waals surface area contributed by atoms with Crippen LogP contribution in [-0.4, -0.2) is 17.3 Å². The lowest BCUT2D eigenvalue weighted by molar-refractivity contribution is 0.101. The zero-order chi connectivity index (χ0) is 8.97. The lowest BCUT2D eigenvalue weighted by Crippen LogP contribution is -2.00. The Kier molecular flexibility index (Phi) is 3.22. The number of nitrogens with one attached hydrogen (secondary N) is 1. The van der Waals surface area contributed by atoms with Crippen molar-refractivity contribution in [2.24, 2.45) is 0 Å². The van der Waals surface area contributed by atoms with Crippen molar-refractivity contribution in [1.29, 1.82) is 0 Å². The summed E-state index contributed by atoms with van der Waals surface area (Å²) in [4.78, 5) is 15.0.